The Morgan fingerprint density at radius 1 is 1.18 bits per heavy atom. The van der Waals surface area contributed by atoms with Crippen molar-refractivity contribution in [2.75, 3.05) is 13.1 Å². The molecule has 1 heterocycles. The van der Waals surface area contributed by atoms with Crippen LogP contribution in [0.2, 0.25) is 5.02 Å². The Morgan fingerprint density at radius 2 is 1.82 bits per heavy atom. The lowest BCUT2D eigenvalue weighted by atomic mass is 9.82. The number of sulfonamides is 1. The largest absolute Gasteiger partial charge is 0.486 e. The average Bonchev–Trinajstić information content (AvgIpc) is 2.64. The van der Waals surface area contributed by atoms with E-state index in [4.69, 9.17) is 16.3 Å². The minimum Gasteiger partial charge on any atom is -0.486 e. The molecule has 0 bridgehead atoms. The highest BCUT2D eigenvalue weighted by molar-refractivity contribution is 7.89. The van der Waals surface area contributed by atoms with E-state index in [0.29, 0.717) is 23.6 Å². The van der Waals surface area contributed by atoms with Crippen molar-refractivity contribution in [1.29, 1.82) is 0 Å². The minimum absolute atomic E-state index is 0.0864. The summed E-state index contributed by atoms with van der Waals surface area (Å²) in [5.74, 6) is 0.867. The molecule has 0 unspecified atom stereocenters. The van der Waals surface area contributed by atoms with Gasteiger partial charge in [-0.25, -0.2) is 8.42 Å². The van der Waals surface area contributed by atoms with Gasteiger partial charge in [-0.15, -0.1) is 0 Å². The lowest BCUT2D eigenvalue weighted by Gasteiger charge is -2.44. The van der Waals surface area contributed by atoms with Crippen LogP contribution in [0, 0.1) is 5.92 Å². The zero-order valence-corrected chi connectivity index (χ0v) is 17.7. The van der Waals surface area contributed by atoms with Crippen molar-refractivity contribution < 1.29 is 18.3 Å². The fourth-order valence-electron chi connectivity index (χ4n) is 3.65. The number of aliphatic hydroxyl groups is 1. The first kappa shape index (κ1) is 21.1. The lowest BCUT2D eigenvalue weighted by molar-refractivity contribution is -0.105. The van der Waals surface area contributed by atoms with E-state index in [-0.39, 0.29) is 23.9 Å². The number of para-hydroxylation sites is 1. The van der Waals surface area contributed by atoms with Crippen molar-refractivity contribution >= 4 is 21.6 Å². The molecule has 0 aromatic heterocycles. The number of nitrogens with zero attached hydrogens (tertiary/aromatic N) is 1. The molecule has 0 saturated carbocycles. The third-order valence-electron chi connectivity index (χ3n) is 5.00. The Balaban J connectivity index is 1.87. The van der Waals surface area contributed by atoms with Gasteiger partial charge in [0.15, 0.2) is 0 Å². The van der Waals surface area contributed by atoms with Gasteiger partial charge in [-0.2, -0.15) is 4.31 Å². The molecule has 152 valence electrons. The Kier molecular flexibility index (Phi) is 6.34. The molecule has 3 rings (SSSR count). The van der Waals surface area contributed by atoms with E-state index >= 15 is 0 Å². The van der Waals surface area contributed by atoms with Crippen molar-refractivity contribution in [2.24, 2.45) is 5.92 Å². The number of piperidine rings is 1. The number of benzene rings is 2. The van der Waals surface area contributed by atoms with Gasteiger partial charge in [0.1, 0.15) is 17.5 Å². The van der Waals surface area contributed by atoms with E-state index in [1.54, 1.807) is 12.1 Å². The quantitative estimate of drug-likeness (QED) is 0.763. The maximum Gasteiger partial charge on any atom is 0.243 e. The van der Waals surface area contributed by atoms with E-state index in [0.717, 1.165) is 0 Å². The standard InChI is InChI=1S/C21H26ClNO4S/c1-16(2)14-21(24)12-13-23(15-20(21)27-18-6-4-3-5-7-18)28(25,26)19-10-8-17(22)9-11-19/h3-11,16,20,24H,12-15H2,1-2H3/t20-,21+/m0/s1. The normalized spacial score (nSPS) is 23.7. The van der Waals surface area contributed by atoms with E-state index in [1.807, 2.05) is 44.2 Å². The van der Waals surface area contributed by atoms with E-state index in [2.05, 4.69) is 0 Å². The van der Waals surface area contributed by atoms with Gasteiger partial charge in [0, 0.05) is 11.6 Å². The zero-order valence-electron chi connectivity index (χ0n) is 16.1. The van der Waals surface area contributed by atoms with Gasteiger partial charge < -0.3 is 9.84 Å². The van der Waals surface area contributed by atoms with Crippen molar-refractivity contribution in [3.63, 3.8) is 0 Å². The molecule has 1 fully saturated rings. The first-order chi connectivity index (χ1) is 13.2. The van der Waals surface area contributed by atoms with Crippen LogP contribution in [-0.2, 0) is 10.0 Å². The molecule has 1 aliphatic heterocycles. The highest BCUT2D eigenvalue weighted by Crippen LogP contribution is 2.34. The zero-order chi connectivity index (χ0) is 20.4. The van der Waals surface area contributed by atoms with Crippen LogP contribution in [0.1, 0.15) is 26.7 Å². The van der Waals surface area contributed by atoms with Crippen LogP contribution >= 0.6 is 11.6 Å². The third-order valence-corrected chi connectivity index (χ3v) is 7.13. The van der Waals surface area contributed by atoms with Crippen LogP contribution in [0.5, 0.6) is 5.75 Å². The molecule has 0 amide bonds. The second-order valence-electron chi connectivity index (χ2n) is 7.69. The molecule has 0 spiro atoms. The van der Waals surface area contributed by atoms with Crippen LogP contribution in [0.3, 0.4) is 0 Å². The van der Waals surface area contributed by atoms with Gasteiger partial charge in [-0.1, -0.05) is 43.6 Å². The molecule has 7 heteroatoms. The Bertz CT molecular complexity index is 886. The number of rotatable bonds is 6. The van der Waals surface area contributed by atoms with Crippen LogP contribution in [0.4, 0.5) is 0 Å². The third kappa shape index (κ3) is 4.69. The van der Waals surface area contributed by atoms with E-state index in [9.17, 15) is 13.5 Å². The lowest BCUT2D eigenvalue weighted by Crippen LogP contribution is -2.59. The summed E-state index contributed by atoms with van der Waals surface area (Å²) in [4.78, 5) is 0.185. The minimum atomic E-state index is -3.70. The van der Waals surface area contributed by atoms with Gasteiger partial charge in [0.2, 0.25) is 10.0 Å². The van der Waals surface area contributed by atoms with Crippen molar-refractivity contribution in [3.8, 4) is 5.75 Å². The summed E-state index contributed by atoms with van der Waals surface area (Å²) < 4.78 is 33.6. The van der Waals surface area contributed by atoms with Crippen molar-refractivity contribution in [2.45, 2.75) is 43.3 Å². The Morgan fingerprint density at radius 3 is 2.43 bits per heavy atom. The molecule has 0 radical (unpaired) electrons. The summed E-state index contributed by atoms with van der Waals surface area (Å²) >= 11 is 5.89. The molecule has 2 atom stereocenters. The number of hydrogen-bond donors (Lipinski definition) is 1. The number of hydrogen-bond acceptors (Lipinski definition) is 4. The maximum absolute atomic E-state index is 13.1. The van der Waals surface area contributed by atoms with E-state index in [1.165, 1.54) is 16.4 Å². The van der Waals surface area contributed by atoms with Gasteiger partial charge >= 0.3 is 0 Å². The SMILES string of the molecule is CC(C)C[C@]1(O)CCN(S(=O)(=O)c2ccc(Cl)cc2)C[C@@H]1Oc1ccccc1. The summed E-state index contributed by atoms with van der Waals surface area (Å²) in [7, 11) is -3.70. The van der Waals surface area contributed by atoms with Crippen LogP contribution in [0.25, 0.3) is 0 Å². The Hall–Kier alpha value is -1.60. The maximum atomic E-state index is 13.1. The first-order valence-electron chi connectivity index (χ1n) is 9.40. The van der Waals surface area contributed by atoms with E-state index < -0.39 is 21.7 Å². The van der Waals surface area contributed by atoms with Crippen LogP contribution in [-0.4, -0.2) is 42.6 Å². The molecule has 1 saturated heterocycles. The molecule has 0 aliphatic carbocycles. The van der Waals surface area contributed by atoms with Crippen LogP contribution < -0.4 is 4.74 Å². The Labute approximate surface area is 171 Å². The van der Waals surface area contributed by atoms with Crippen molar-refractivity contribution in [1.82, 2.24) is 4.31 Å². The number of ether oxygens (including phenoxy) is 1. The second-order valence-corrected chi connectivity index (χ2v) is 10.1. The second kappa shape index (κ2) is 8.41. The topological polar surface area (TPSA) is 66.8 Å². The highest BCUT2D eigenvalue weighted by Gasteiger charge is 2.46. The molecule has 1 N–H and O–H groups in total. The molecule has 2 aromatic rings. The fourth-order valence-corrected chi connectivity index (χ4v) is 5.22. The highest BCUT2D eigenvalue weighted by atomic mass is 35.5. The molecular formula is C21H26ClNO4S. The smallest absolute Gasteiger partial charge is 0.243 e. The monoisotopic (exact) mass is 423 g/mol. The molecule has 2 aromatic carbocycles. The van der Waals surface area contributed by atoms with Gasteiger partial charge in [-0.3, -0.25) is 0 Å². The van der Waals surface area contributed by atoms with Gasteiger partial charge in [0.25, 0.3) is 0 Å². The molecule has 1 aliphatic rings. The summed E-state index contributed by atoms with van der Waals surface area (Å²) in [6, 6.07) is 15.3. The van der Waals surface area contributed by atoms with Gasteiger partial charge in [-0.05, 0) is 55.2 Å². The summed E-state index contributed by atoms with van der Waals surface area (Å²) in [6.07, 6.45) is 0.197. The molecule has 5 nitrogen and oxygen atoms in total. The predicted octanol–water partition coefficient (Wildman–Crippen LogP) is 3.96. The summed E-state index contributed by atoms with van der Waals surface area (Å²) in [6.45, 7) is 4.40. The fraction of sp³-hybridized carbons (Fsp3) is 0.429. The number of halogens is 1. The first-order valence-corrected chi connectivity index (χ1v) is 11.2. The van der Waals surface area contributed by atoms with Crippen LogP contribution in [0.15, 0.2) is 59.5 Å². The van der Waals surface area contributed by atoms with Gasteiger partial charge in [0.05, 0.1) is 11.4 Å². The molecular weight excluding hydrogens is 398 g/mol. The summed E-state index contributed by atoms with van der Waals surface area (Å²) in [5, 5.41) is 11.8. The summed E-state index contributed by atoms with van der Waals surface area (Å²) in [5.41, 5.74) is -1.09. The van der Waals surface area contributed by atoms with Crippen molar-refractivity contribution in [3.05, 3.63) is 59.6 Å². The molecule has 28 heavy (non-hydrogen) atoms. The predicted molar refractivity (Wildman–Crippen MR) is 110 cm³/mol. The average molecular weight is 424 g/mol.